The summed E-state index contributed by atoms with van der Waals surface area (Å²) in [5, 5.41) is 16.2. The van der Waals surface area contributed by atoms with Crippen LogP contribution >= 0.6 is 12.4 Å². The van der Waals surface area contributed by atoms with E-state index in [4.69, 9.17) is 16.2 Å². The normalized spacial score (nSPS) is 15.6. The molecule has 0 bridgehead atoms. The summed E-state index contributed by atoms with van der Waals surface area (Å²) in [6, 6.07) is 4.43. The molecule has 4 N–H and O–H groups in total. The molecule has 1 aromatic carbocycles. The molecule has 0 spiro atoms. The van der Waals surface area contributed by atoms with E-state index >= 15 is 0 Å². The number of piperidine rings is 1. The molecule has 0 aromatic heterocycles. The van der Waals surface area contributed by atoms with E-state index in [0.29, 0.717) is 37.2 Å². The number of benzene rings is 1. The van der Waals surface area contributed by atoms with Crippen molar-refractivity contribution in [2.75, 3.05) is 18.0 Å². The minimum atomic E-state index is -0.785. The van der Waals surface area contributed by atoms with Crippen LogP contribution < -0.4 is 10.6 Å². The summed E-state index contributed by atoms with van der Waals surface area (Å²) in [5.41, 5.74) is 6.09. The lowest BCUT2D eigenvalue weighted by Gasteiger charge is -2.32. The number of hydrogen-bond donors (Lipinski definition) is 3. The van der Waals surface area contributed by atoms with Crippen molar-refractivity contribution >= 4 is 29.9 Å². The summed E-state index contributed by atoms with van der Waals surface area (Å²) in [7, 11) is 0. The van der Waals surface area contributed by atoms with Gasteiger partial charge in [-0.3, -0.25) is 10.2 Å². The molecule has 0 atom stereocenters. The van der Waals surface area contributed by atoms with Crippen LogP contribution in [0.25, 0.3) is 0 Å². The van der Waals surface area contributed by atoms with E-state index in [9.17, 15) is 9.18 Å². The molecule has 7 heteroatoms. The Morgan fingerprint density at radius 1 is 1.40 bits per heavy atom. The summed E-state index contributed by atoms with van der Waals surface area (Å²) in [5.74, 6) is -1.72. The third-order valence-corrected chi connectivity index (χ3v) is 3.44. The zero-order valence-corrected chi connectivity index (χ0v) is 11.6. The number of aliphatic carboxylic acids is 1. The van der Waals surface area contributed by atoms with E-state index in [2.05, 4.69) is 0 Å². The summed E-state index contributed by atoms with van der Waals surface area (Å²) in [6.45, 7) is 1.04. The Hall–Kier alpha value is -1.82. The molecular weight excluding hydrogens is 285 g/mol. The second-order valence-corrected chi connectivity index (χ2v) is 4.68. The molecule has 2 rings (SSSR count). The Morgan fingerprint density at radius 3 is 2.45 bits per heavy atom. The van der Waals surface area contributed by atoms with Crippen LogP contribution in [0.5, 0.6) is 0 Å². The lowest BCUT2D eigenvalue weighted by molar-refractivity contribution is -0.142. The van der Waals surface area contributed by atoms with Gasteiger partial charge in [-0.05, 0) is 31.0 Å². The fourth-order valence-corrected chi connectivity index (χ4v) is 2.30. The number of nitrogens with two attached hydrogens (primary N) is 1. The number of rotatable bonds is 3. The number of halogens is 2. The molecule has 1 fully saturated rings. The lowest BCUT2D eigenvalue weighted by Crippen LogP contribution is -2.36. The lowest BCUT2D eigenvalue weighted by atomic mass is 9.96. The van der Waals surface area contributed by atoms with E-state index in [1.54, 1.807) is 12.1 Å². The van der Waals surface area contributed by atoms with Crippen molar-refractivity contribution in [3.8, 4) is 0 Å². The van der Waals surface area contributed by atoms with E-state index in [0.717, 1.165) is 0 Å². The van der Waals surface area contributed by atoms with Gasteiger partial charge < -0.3 is 15.7 Å². The van der Waals surface area contributed by atoms with Crippen molar-refractivity contribution in [1.82, 2.24) is 0 Å². The number of hydrogen-bond acceptors (Lipinski definition) is 3. The zero-order chi connectivity index (χ0) is 14.0. The maximum Gasteiger partial charge on any atom is 0.306 e. The van der Waals surface area contributed by atoms with Crippen LogP contribution in [0.4, 0.5) is 10.1 Å². The van der Waals surface area contributed by atoms with Gasteiger partial charge in [0.1, 0.15) is 11.7 Å². The highest BCUT2D eigenvalue weighted by atomic mass is 35.5. The highest BCUT2D eigenvalue weighted by Gasteiger charge is 2.25. The largest absolute Gasteiger partial charge is 0.481 e. The standard InChI is InChI=1S/C13H16FN3O2.ClH/c14-10-7-9(12(15)16)1-2-11(10)17-5-3-8(4-6-17)13(18)19;/h1-2,7-8H,3-6H2,(H3,15,16)(H,18,19);1H. The average molecular weight is 302 g/mol. The first-order valence-electron chi connectivity index (χ1n) is 6.10. The first-order valence-corrected chi connectivity index (χ1v) is 6.10. The second-order valence-electron chi connectivity index (χ2n) is 4.68. The number of nitrogens with zero attached hydrogens (tertiary/aromatic N) is 1. The van der Waals surface area contributed by atoms with Gasteiger partial charge in [0.15, 0.2) is 0 Å². The Labute approximate surface area is 122 Å². The molecule has 110 valence electrons. The maximum atomic E-state index is 13.9. The molecule has 0 radical (unpaired) electrons. The molecular formula is C13H17ClFN3O2. The van der Waals surface area contributed by atoms with Gasteiger partial charge >= 0.3 is 5.97 Å². The van der Waals surface area contributed by atoms with Crippen LogP contribution in [-0.2, 0) is 4.79 Å². The number of nitrogen functional groups attached to an aromatic ring is 1. The molecule has 1 aliphatic heterocycles. The summed E-state index contributed by atoms with van der Waals surface area (Å²) in [4.78, 5) is 12.7. The fraction of sp³-hybridized carbons (Fsp3) is 0.385. The van der Waals surface area contributed by atoms with Crippen LogP contribution in [-0.4, -0.2) is 30.0 Å². The van der Waals surface area contributed by atoms with E-state index in [1.165, 1.54) is 6.07 Å². The molecule has 20 heavy (non-hydrogen) atoms. The van der Waals surface area contributed by atoms with Crippen molar-refractivity contribution in [1.29, 1.82) is 5.41 Å². The Balaban J connectivity index is 0.00000200. The van der Waals surface area contributed by atoms with Crippen LogP contribution in [0, 0.1) is 17.1 Å². The quantitative estimate of drug-likeness (QED) is 0.587. The highest BCUT2D eigenvalue weighted by Crippen LogP contribution is 2.26. The summed E-state index contributed by atoms with van der Waals surface area (Å²) >= 11 is 0. The summed E-state index contributed by atoms with van der Waals surface area (Å²) in [6.07, 6.45) is 1.03. The van der Waals surface area contributed by atoms with Crippen LogP contribution in [0.1, 0.15) is 18.4 Å². The molecule has 1 heterocycles. The molecule has 1 saturated heterocycles. The van der Waals surface area contributed by atoms with Crippen LogP contribution in [0.15, 0.2) is 18.2 Å². The first-order chi connectivity index (χ1) is 8.99. The number of nitrogens with one attached hydrogen (secondary N) is 1. The third kappa shape index (κ3) is 3.39. The minimum Gasteiger partial charge on any atom is -0.481 e. The summed E-state index contributed by atoms with van der Waals surface area (Å²) < 4.78 is 13.9. The zero-order valence-electron chi connectivity index (χ0n) is 10.8. The average Bonchev–Trinajstić information content (AvgIpc) is 2.38. The number of amidine groups is 1. The second kappa shape index (κ2) is 6.56. The van der Waals surface area contributed by atoms with E-state index in [-0.39, 0.29) is 24.2 Å². The monoisotopic (exact) mass is 301 g/mol. The predicted molar refractivity (Wildman–Crippen MR) is 77.2 cm³/mol. The molecule has 0 aliphatic carbocycles. The van der Waals surface area contributed by atoms with Gasteiger partial charge in [0.05, 0.1) is 11.6 Å². The number of carboxylic acids is 1. The van der Waals surface area contributed by atoms with Crippen molar-refractivity contribution in [2.24, 2.45) is 11.7 Å². The smallest absolute Gasteiger partial charge is 0.306 e. The van der Waals surface area contributed by atoms with Crippen molar-refractivity contribution in [3.63, 3.8) is 0 Å². The third-order valence-electron chi connectivity index (χ3n) is 3.44. The van der Waals surface area contributed by atoms with Gasteiger partial charge in [-0.1, -0.05) is 0 Å². The minimum absolute atomic E-state index is 0. The van der Waals surface area contributed by atoms with Gasteiger partial charge in [-0.25, -0.2) is 4.39 Å². The Morgan fingerprint density at radius 2 is 2.00 bits per heavy atom. The molecule has 1 aliphatic rings. The fourth-order valence-electron chi connectivity index (χ4n) is 2.30. The van der Waals surface area contributed by atoms with Gasteiger partial charge in [-0.15, -0.1) is 12.4 Å². The Kier molecular flexibility index (Phi) is 5.33. The van der Waals surface area contributed by atoms with Crippen LogP contribution in [0.3, 0.4) is 0 Å². The number of carbonyl (C=O) groups is 1. The first kappa shape index (κ1) is 16.2. The number of anilines is 1. The van der Waals surface area contributed by atoms with Gasteiger partial charge in [-0.2, -0.15) is 0 Å². The van der Waals surface area contributed by atoms with E-state index in [1.807, 2.05) is 4.90 Å². The van der Waals surface area contributed by atoms with Crippen molar-refractivity contribution in [3.05, 3.63) is 29.6 Å². The maximum absolute atomic E-state index is 13.9. The van der Waals surface area contributed by atoms with Crippen LogP contribution in [0.2, 0.25) is 0 Å². The number of carboxylic acid groups (broad SMARTS) is 1. The van der Waals surface area contributed by atoms with Gasteiger partial charge in [0.25, 0.3) is 0 Å². The molecule has 0 saturated carbocycles. The van der Waals surface area contributed by atoms with Crippen molar-refractivity contribution in [2.45, 2.75) is 12.8 Å². The topological polar surface area (TPSA) is 90.4 Å². The molecule has 1 aromatic rings. The SMILES string of the molecule is Cl.N=C(N)c1ccc(N2CCC(C(=O)O)CC2)c(F)c1. The molecule has 0 unspecified atom stereocenters. The highest BCUT2D eigenvalue weighted by molar-refractivity contribution is 5.95. The van der Waals surface area contributed by atoms with Gasteiger partial charge in [0, 0.05) is 18.7 Å². The molecule has 5 nitrogen and oxygen atoms in total. The Bertz CT molecular complexity index is 516. The van der Waals surface area contributed by atoms with E-state index < -0.39 is 11.8 Å². The molecule has 0 amide bonds. The predicted octanol–water partition coefficient (Wildman–Crippen LogP) is 1.83. The van der Waals surface area contributed by atoms with Gasteiger partial charge in [0.2, 0.25) is 0 Å². The van der Waals surface area contributed by atoms with Crippen molar-refractivity contribution < 1.29 is 14.3 Å².